The van der Waals surface area contributed by atoms with E-state index in [-0.39, 0.29) is 11.0 Å². The normalized spacial score (nSPS) is 12.0. The number of fused-ring (bicyclic) bond motifs is 1. The maximum absolute atomic E-state index is 12.3. The van der Waals surface area contributed by atoms with Crippen molar-refractivity contribution in [2.45, 2.75) is 27.3 Å². The molecular formula is C14H18N2OS. The van der Waals surface area contributed by atoms with Crippen LogP contribution in [-0.2, 0) is 6.54 Å². The molecule has 96 valence electrons. The van der Waals surface area contributed by atoms with Crippen molar-refractivity contribution in [1.82, 2.24) is 9.55 Å². The Labute approximate surface area is 112 Å². The lowest BCUT2D eigenvalue weighted by molar-refractivity contribution is 0.352. The van der Waals surface area contributed by atoms with E-state index in [1.807, 2.05) is 28.8 Å². The first kappa shape index (κ1) is 13.1. The second-order valence-corrected chi connectivity index (χ2v) is 5.72. The van der Waals surface area contributed by atoms with E-state index < -0.39 is 0 Å². The van der Waals surface area contributed by atoms with Gasteiger partial charge in [0.1, 0.15) is 5.69 Å². The van der Waals surface area contributed by atoms with Gasteiger partial charge in [-0.15, -0.1) is 0 Å². The molecule has 0 spiro atoms. The molecule has 0 atom stereocenters. The van der Waals surface area contributed by atoms with Gasteiger partial charge in [-0.1, -0.05) is 26.0 Å². The molecule has 4 heteroatoms. The lowest BCUT2D eigenvalue weighted by Gasteiger charge is -2.24. The molecule has 0 fully saturated rings. The lowest BCUT2D eigenvalue weighted by Crippen LogP contribution is -2.31. The van der Waals surface area contributed by atoms with Gasteiger partial charge in [0.25, 0.3) is 5.56 Å². The summed E-state index contributed by atoms with van der Waals surface area (Å²) in [4.78, 5) is 16.6. The van der Waals surface area contributed by atoms with Crippen molar-refractivity contribution in [2.24, 2.45) is 5.41 Å². The van der Waals surface area contributed by atoms with Gasteiger partial charge in [-0.3, -0.25) is 4.79 Å². The van der Waals surface area contributed by atoms with Crippen molar-refractivity contribution in [1.29, 1.82) is 0 Å². The van der Waals surface area contributed by atoms with Gasteiger partial charge in [-0.2, -0.15) is 12.6 Å². The summed E-state index contributed by atoms with van der Waals surface area (Å²) in [6.07, 6.45) is 0. The van der Waals surface area contributed by atoms with Crippen LogP contribution in [0.3, 0.4) is 0 Å². The Morgan fingerprint density at radius 2 is 2.00 bits per heavy atom. The minimum absolute atomic E-state index is 0.0106. The summed E-state index contributed by atoms with van der Waals surface area (Å²) in [7, 11) is 0. The van der Waals surface area contributed by atoms with E-state index in [2.05, 4.69) is 31.5 Å². The van der Waals surface area contributed by atoms with E-state index in [4.69, 9.17) is 0 Å². The minimum atomic E-state index is -0.0243. The van der Waals surface area contributed by atoms with Gasteiger partial charge >= 0.3 is 0 Å². The summed E-state index contributed by atoms with van der Waals surface area (Å²) in [5.41, 5.74) is 2.27. The molecule has 0 saturated carbocycles. The Morgan fingerprint density at radius 1 is 1.33 bits per heavy atom. The molecule has 3 nitrogen and oxygen atoms in total. The maximum Gasteiger partial charge on any atom is 0.272 e. The van der Waals surface area contributed by atoms with Crippen molar-refractivity contribution in [3.05, 3.63) is 40.3 Å². The van der Waals surface area contributed by atoms with E-state index in [0.717, 1.165) is 16.8 Å². The Balaban J connectivity index is 2.68. The molecular weight excluding hydrogens is 244 g/mol. The summed E-state index contributed by atoms with van der Waals surface area (Å²) >= 11 is 4.35. The van der Waals surface area contributed by atoms with Gasteiger partial charge in [0.05, 0.1) is 11.0 Å². The second kappa shape index (κ2) is 4.76. The third kappa shape index (κ3) is 2.43. The smallest absolute Gasteiger partial charge is 0.272 e. The number of para-hydroxylation sites is 2. The Kier molecular flexibility index (Phi) is 3.48. The summed E-state index contributed by atoms with van der Waals surface area (Å²) in [6.45, 7) is 6.63. The average Bonchev–Trinajstić information content (AvgIpc) is 2.35. The van der Waals surface area contributed by atoms with Crippen molar-refractivity contribution in [3.8, 4) is 0 Å². The van der Waals surface area contributed by atoms with Crippen molar-refractivity contribution >= 4 is 23.7 Å². The second-order valence-electron chi connectivity index (χ2n) is 5.40. The third-order valence-electron chi connectivity index (χ3n) is 3.03. The summed E-state index contributed by atoms with van der Waals surface area (Å²) in [5, 5.41) is 0. The number of benzene rings is 1. The van der Waals surface area contributed by atoms with Crippen LogP contribution in [0.5, 0.6) is 0 Å². The van der Waals surface area contributed by atoms with Crippen LogP contribution in [0.1, 0.15) is 19.5 Å². The SMILES string of the molecule is Cc1nc2ccccc2n(CC(C)(C)CS)c1=O. The molecule has 0 radical (unpaired) electrons. The fraction of sp³-hybridized carbons (Fsp3) is 0.429. The van der Waals surface area contributed by atoms with Crippen LogP contribution in [0.15, 0.2) is 29.1 Å². The minimum Gasteiger partial charge on any atom is -0.305 e. The molecule has 0 unspecified atom stereocenters. The van der Waals surface area contributed by atoms with Gasteiger partial charge in [-0.25, -0.2) is 4.98 Å². The molecule has 0 N–H and O–H groups in total. The predicted molar refractivity (Wildman–Crippen MR) is 78.4 cm³/mol. The Morgan fingerprint density at radius 3 is 2.67 bits per heavy atom. The molecule has 0 aliphatic heterocycles. The van der Waals surface area contributed by atoms with Gasteiger partial charge in [0, 0.05) is 6.54 Å². The van der Waals surface area contributed by atoms with Crippen molar-refractivity contribution < 1.29 is 0 Å². The topological polar surface area (TPSA) is 34.9 Å². The zero-order valence-electron chi connectivity index (χ0n) is 11.0. The standard InChI is InChI=1S/C14H18N2OS/c1-10-13(17)16(8-14(2,3)9-18)12-7-5-4-6-11(12)15-10/h4-7,18H,8-9H2,1-3H3. The number of hydrogen-bond donors (Lipinski definition) is 1. The molecule has 0 aliphatic carbocycles. The highest BCUT2D eigenvalue weighted by Gasteiger charge is 2.19. The van der Waals surface area contributed by atoms with Crippen molar-refractivity contribution in [2.75, 3.05) is 5.75 Å². The van der Waals surface area contributed by atoms with Gasteiger partial charge in [0.15, 0.2) is 0 Å². The number of thiol groups is 1. The molecule has 0 bridgehead atoms. The number of hydrogen-bond acceptors (Lipinski definition) is 3. The van der Waals surface area contributed by atoms with E-state index in [9.17, 15) is 4.79 Å². The lowest BCUT2D eigenvalue weighted by atomic mass is 9.96. The highest BCUT2D eigenvalue weighted by Crippen LogP contribution is 2.21. The van der Waals surface area contributed by atoms with E-state index >= 15 is 0 Å². The highest BCUT2D eigenvalue weighted by molar-refractivity contribution is 7.80. The average molecular weight is 262 g/mol. The molecule has 18 heavy (non-hydrogen) atoms. The van der Waals surface area contributed by atoms with Crippen LogP contribution < -0.4 is 5.56 Å². The molecule has 0 aliphatic rings. The summed E-state index contributed by atoms with van der Waals surface area (Å²) in [5.74, 6) is 0.731. The zero-order valence-corrected chi connectivity index (χ0v) is 11.9. The third-order valence-corrected chi connectivity index (χ3v) is 3.89. The van der Waals surface area contributed by atoms with Crippen molar-refractivity contribution in [3.63, 3.8) is 0 Å². The van der Waals surface area contributed by atoms with Crippen LogP contribution >= 0.6 is 12.6 Å². The van der Waals surface area contributed by atoms with Gasteiger partial charge in [0.2, 0.25) is 0 Å². The fourth-order valence-corrected chi connectivity index (χ4v) is 2.06. The van der Waals surface area contributed by atoms with E-state index in [0.29, 0.717) is 12.2 Å². The van der Waals surface area contributed by atoms with Crippen LogP contribution in [0.2, 0.25) is 0 Å². The Bertz CT molecular complexity index is 631. The number of nitrogens with zero attached hydrogens (tertiary/aromatic N) is 2. The predicted octanol–water partition coefficient (Wildman–Crippen LogP) is 2.66. The number of rotatable bonds is 3. The number of aryl methyl sites for hydroxylation is 1. The van der Waals surface area contributed by atoms with E-state index in [1.54, 1.807) is 6.92 Å². The molecule has 2 aromatic rings. The summed E-state index contributed by atoms with van der Waals surface area (Å²) < 4.78 is 1.81. The van der Waals surface area contributed by atoms with Crippen LogP contribution in [-0.4, -0.2) is 15.3 Å². The van der Waals surface area contributed by atoms with Gasteiger partial charge < -0.3 is 4.57 Å². The van der Waals surface area contributed by atoms with Crippen LogP contribution in [0, 0.1) is 12.3 Å². The number of aromatic nitrogens is 2. The van der Waals surface area contributed by atoms with Crippen LogP contribution in [0.4, 0.5) is 0 Å². The fourth-order valence-electron chi connectivity index (χ4n) is 1.96. The summed E-state index contributed by atoms with van der Waals surface area (Å²) in [6, 6.07) is 7.75. The largest absolute Gasteiger partial charge is 0.305 e. The zero-order chi connectivity index (χ0) is 13.3. The quantitative estimate of drug-likeness (QED) is 0.863. The van der Waals surface area contributed by atoms with Gasteiger partial charge in [-0.05, 0) is 30.2 Å². The Hall–Kier alpha value is -1.29. The molecule has 0 saturated heterocycles. The molecule has 2 rings (SSSR count). The first-order chi connectivity index (χ1) is 8.44. The maximum atomic E-state index is 12.3. The van der Waals surface area contributed by atoms with Crippen LogP contribution in [0.25, 0.3) is 11.0 Å². The first-order valence-corrected chi connectivity index (χ1v) is 6.65. The molecule has 1 aromatic heterocycles. The van der Waals surface area contributed by atoms with E-state index in [1.165, 1.54) is 0 Å². The highest BCUT2D eigenvalue weighted by atomic mass is 32.1. The molecule has 0 amide bonds. The monoisotopic (exact) mass is 262 g/mol. The molecule has 1 aromatic carbocycles. The first-order valence-electron chi connectivity index (χ1n) is 6.02. The molecule has 1 heterocycles.